The van der Waals surface area contributed by atoms with Gasteiger partial charge in [-0.1, -0.05) is 36.4 Å². The summed E-state index contributed by atoms with van der Waals surface area (Å²) < 4.78 is 5.53. The molecule has 0 aliphatic carbocycles. The lowest BCUT2D eigenvalue weighted by atomic mass is 9.96. The minimum Gasteiger partial charge on any atom is -0.495 e. The third-order valence-corrected chi connectivity index (χ3v) is 4.66. The highest BCUT2D eigenvalue weighted by Gasteiger charge is 2.22. The topological polar surface area (TPSA) is 49.9 Å². The second-order valence-corrected chi connectivity index (χ2v) is 6.27. The number of fused-ring (bicyclic) bond motifs is 1. The molecule has 0 saturated heterocycles. The van der Waals surface area contributed by atoms with Crippen LogP contribution in [0, 0.1) is 6.92 Å². The molecule has 0 saturated carbocycles. The fourth-order valence-electron chi connectivity index (χ4n) is 3.46. The Morgan fingerprint density at radius 1 is 1.00 bits per heavy atom. The molecule has 26 heavy (non-hydrogen) atoms. The summed E-state index contributed by atoms with van der Waals surface area (Å²) in [5, 5.41) is 4.87. The molecular formula is C22H21N3O. The number of hydrogen-bond donors (Lipinski definition) is 2. The van der Waals surface area contributed by atoms with Gasteiger partial charge in [-0.3, -0.25) is 4.98 Å². The molecule has 0 unspecified atom stereocenters. The van der Waals surface area contributed by atoms with E-state index in [0.717, 1.165) is 28.2 Å². The van der Waals surface area contributed by atoms with Gasteiger partial charge in [0.25, 0.3) is 0 Å². The van der Waals surface area contributed by atoms with Crippen LogP contribution >= 0.6 is 0 Å². The number of aryl methyl sites for hydroxylation is 1. The van der Waals surface area contributed by atoms with E-state index in [-0.39, 0.29) is 6.04 Å². The lowest BCUT2D eigenvalue weighted by Gasteiger charge is -2.22. The molecule has 0 aliphatic rings. The highest BCUT2D eigenvalue weighted by atomic mass is 16.5. The Balaban J connectivity index is 1.88. The van der Waals surface area contributed by atoms with Gasteiger partial charge in [0.15, 0.2) is 0 Å². The third kappa shape index (κ3) is 2.90. The Morgan fingerprint density at radius 2 is 1.81 bits per heavy atom. The fraction of sp³-hybridized carbons (Fsp3) is 0.136. The van der Waals surface area contributed by atoms with Crippen molar-refractivity contribution in [2.24, 2.45) is 0 Å². The predicted molar refractivity (Wildman–Crippen MR) is 106 cm³/mol. The number of para-hydroxylation sites is 3. The summed E-state index contributed by atoms with van der Waals surface area (Å²) in [5.74, 6) is 0.818. The van der Waals surface area contributed by atoms with Gasteiger partial charge in [0.1, 0.15) is 5.75 Å². The molecule has 2 aromatic heterocycles. The molecule has 2 aromatic carbocycles. The molecule has 0 spiro atoms. The molecule has 4 rings (SSSR count). The highest BCUT2D eigenvalue weighted by Crippen LogP contribution is 2.36. The first-order valence-corrected chi connectivity index (χ1v) is 8.64. The zero-order valence-electron chi connectivity index (χ0n) is 14.9. The van der Waals surface area contributed by atoms with Crippen molar-refractivity contribution in [3.63, 3.8) is 0 Å². The van der Waals surface area contributed by atoms with Crippen LogP contribution in [0.2, 0.25) is 0 Å². The van der Waals surface area contributed by atoms with Crippen molar-refractivity contribution >= 4 is 16.6 Å². The summed E-state index contributed by atoms with van der Waals surface area (Å²) >= 11 is 0. The summed E-state index contributed by atoms with van der Waals surface area (Å²) in [5.41, 5.74) is 5.55. The van der Waals surface area contributed by atoms with Crippen molar-refractivity contribution in [3.05, 3.63) is 89.9 Å². The smallest absolute Gasteiger partial charge is 0.141 e. The summed E-state index contributed by atoms with van der Waals surface area (Å²) in [7, 11) is 1.69. The van der Waals surface area contributed by atoms with E-state index in [1.165, 1.54) is 10.9 Å². The van der Waals surface area contributed by atoms with Gasteiger partial charge in [0.05, 0.1) is 18.8 Å². The van der Waals surface area contributed by atoms with Crippen LogP contribution in [0.1, 0.15) is 22.9 Å². The van der Waals surface area contributed by atoms with Crippen LogP contribution in [0.5, 0.6) is 5.75 Å². The maximum atomic E-state index is 5.53. The Hall–Kier alpha value is -3.27. The number of nitrogens with one attached hydrogen (secondary N) is 2. The van der Waals surface area contributed by atoms with Gasteiger partial charge in [-0.15, -0.1) is 0 Å². The van der Waals surface area contributed by atoms with Crippen molar-refractivity contribution in [1.29, 1.82) is 0 Å². The van der Waals surface area contributed by atoms with E-state index in [1.54, 1.807) is 13.3 Å². The second kappa shape index (κ2) is 6.92. The Bertz CT molecular complexity index is 1020. The summed E-state index contributed by atoms with van der Waals surface area (Å²) in [6.07, 6.45) is 3.71. The molecule has 0 bridgehead atoms. The largest absolute Gasteiger partial charge is 0.495 e. The van der Waals surface area contributed by atoms with E-state index in [2.05, 4.69) is 52.5 Å². The molecule has 130 valence electrons. The molecule has 0 fully saturated rings. The molecule has 0 radical (unpaired) electrons. The van der Waals surface area contributed by atoms with Crippen LogP contribution in [0.25, 0.3) is 10.9 Å². The Morgan fingerprint density at radius 3 is 2.62 bits per heavy atom. The van der Waals surface area contributed by atoms with Crippen molar-refractivity contribution in [3.8, 4) is 5.75 Å². The van der Waals surface area contributed by atoms with Crippen molar-refractivity contribution < 1.29 is 4.74 Å². The van der Waals surface area contributed by atoms with Crippen LogP contribution in [-0.2, 0) is 0 Å². The number of rotatable bonds is 5. The molecule has 0 aliphatic heterocycles. The standard InChI is InChI=1S/C22H21N3O/c1-15-21(17-9-3-4-10-18(17)24-15)22(16-8-7-13-23-14-16)25-19-11-5-6-12-20(19)26-2/h3-14,22,24-25H,1-2H3/t22-/m1/s1. The molecule has 2 N–H and O–H groups in total. The molecule has 4 heteroatoms. The van der Waals surface area contributed by atoms with Gasteiger partial charge in [0.2, 0.25) is 0 Å². The summed E-state index contributed by atoms with van der Waals surface area (Å²) in [4.78, 5) is 7.83. The van der Waals surface area contributed by atoms with Crippen molar-refractivity contribution in [2.45, 2.75) is 13.0 Å². The van der Waals surface area contributed by atoms with E-state index in [0.29, 0.717) is 0 Å². The molecule has 4 nitrogen and oxygen atoms in total. The first kappa shape index (κ1) is 16.2. The van der Waals surface area contributed by atoms with Crippen molar-refractivity contribution in [2.75, 3.05) is 12.4 Å². The van der Waals surface area contributed by atoms with E-state index in [4.69, 9.17) is 4.74 Å². The van der Waals surface area contributed by atoms with E-state index in [1.807, 2.05) is 36.5 Å². The van der Waals surface area contributed by atoms with Crippen LogP contribution < -0.4 is 10.1 Å². The number of ether oxygens (including phenoxy) is 1. The van der Waals surface area contributed by atoms with E-state index >= 15 is 0 Å². The molecule has 0 amide bonds. The predicted octanol–water partition coefficient (Wildman–Crippen LogP) is 5.08. The SMILES string of the molecule is COc1ccccc1N[C@H](c1cccnc1)c1c(C)[nH]c2ccccc12. The van der Waals surface area contributed by atoms with Gasteiger partial charge < -0.3 is 15.0 Å². The number of hydrogen-bond acceptors (Lipinski definition) is 3. The number of nitrogens with zero attached hydrogens (tertiary/aromatic N) is 1. The third-order valence-electron chi connectivity index (χ3n) is 4.66. The Labute approximate surface area is 152 Å². The number of pyridine rings is 1. The summed E-state index contributed by atoms with van der Waals surface area (Å²) in [6, 6.07) is 20.4. The highest BCUT2D eigenvalue weighted by molar-refractivity contribution is 5.86. The monoisotopic (exact) mass is 343 g/mol. The zero-order valence-corrected chi connectivity index (χ0v) is 14.9. The second-order valence-electron chi connectivity index (χ2n) is 6.27. The van der Waals surface area contributed by atoms with E-state index < -0.39 is 0 Å². The average molecular weight is 343 g/mol. The van der Waals surface area contributed by atoms with Gasteiger partial charge >= 0.3 is 0 Å². The van der Waals surface area contributed by atoms with Crippen LogP contribution in [0.3, 0.4) is 0 Å². The zero-order chi connectivity index (χ0) is 17.9. The molecule has 2 heterocycles. The first-order valence-electron chi connectivity index (χ1n) is 8.64. The lowest BCUT2D eigenvalue weighted by Crippen LogP contribution is -2.14. The fourth-order valence-corrected chi connectivity index (χ4v) is 3.46. The number of aromatic amines is 1. The number of H-pyrrole nitrogens is 1. The lowest BCUT2D eigenvalue weighted by molar-refractivity contribution is 0.416. The minimum absolute atomic E-state index is 0.0452. The number of anilines is 1. The van der Waals surface area contributed by atoms with E-state index in [9.17, 15) is 0 Å². The average Bonchev–Trinajstić information content (AvgIpc) is 3.02. The normalized spacial score (nSPS) is 12.1. The first-order chi connectivity index (χ1) is 12.8. The Kier molecular flexibility index (Phi) is 4.32. The quantitative estimate of drug-likeness (QED) is 0.531. The molecule has 4 aromatic rings. The number of benzene rings is 2. The molecular weight excluding hydrogens is 322 g/mol. The van der Waals surface area contributed by atoms with Gasteiger partial charge in [-0.25, -0.2) is 0 Å². The van der Waals surface area contributed by atoms with Gasteiger partial charge in [0, 0.05) is 34.6 Å². The number of aromatic nitrogens is 2. The van der Waals surface area contributed by atoms with Gasteiger partial charge in [-0.05, 0) is 36.8 Å². The minimum atomic E-state index is -0.0452. The summed E-state index contributed by atoms with van der Waals surface area (Å²) in [6.45, 7) is 2.11. The van der Waals surface area contributed by atoms with Crippen LogP contribution in [0.4, 0.5) is 5.69 Å². The molecule has 1 atom stereocenters. The maximum Gasteiger partial charge on any atom is 0.141 e. The van der Waals surface area contributed by atoms with Crippen molar-refractivity contribution in [1.82, 2.24) is 9.97 Å². The maximum absolute atomic E-state index is 5.53. The number of methoxy groups -OCH3 is 1. The van der Waals surface area contributed by atoms with Crippen LogP contribution in [0.15, 0.2) is 73.1 Å². The van der Waals surface area contributed by atoms with Gasteiger partial charge in [-0.2, -0.15) is 0 Å². The van der Waals surface area contributed by atoms with Crippen LogP contribution in [-0.4, -0.2) is 17.1 Å².